The van der Waals surface area contributed by atoms with Crippen LogP contribution < -0.4 is 10.5 Å². The van der Waals surface area contributed by atoms with E-state index < -0.39 is 12.4 Å². The number of fused-ring (bicyclic) bond motifs is 1. The molecule has 0 saturated carbocycles. The number of hydrogen-bond donors (Lipinski definition) is 2. The highest BCUT2D eigenvalue weighted by atomic mass is 19.1. The van der Waals surface area contributed by atoms with Crippen molar-refractivity contribution in [2.24, 2.45) is 0 Å². The van der Waals surface area contributed by atoms with Gasteiger partial charge in [0, 0.05) is 40.9 Å². The average Bonchev–Trinajstić information content (AvgIpc) is 3.55. The fraction of sp³-hybridized carbons (Fsp3) is 0.367. The van der Waals surface area contributed by atoms with Gasteiger partial charge in [-0.2, -0.15) is 9.61 Å². The summed E-state index contributed by atoms with van der Waals surface area (Å²) in [5.41, 5.74) is 10.4. The lowest BCUT2D eigenvalue weighted by atomic mass is 9.92. The lowest BCUT2D eigenvalue weighted by Gasteiger charge is -2.30. The van der Waals surface area contributed by atoms with Gasteiger partial charge in [0.25, 0.3) is 0 Å². The lowest BCUT2D eigenvalue weighted by molar-refractivity contribution is -0.137. The van der Waals surface area contributed by atoms with Crippen molar-refractivity contribution in [1.82, 2.24) is 24.5 Å². The summed E-state index contributed by atoms with van der Waals surface area (Å²) in [7, 11) is 1.41. The molecule has 0 bridgehead atoms. The largest absolute Gasteiger partial charge is 0.494 e. The van der Waals surface area contributed by atoms with Gasteiger partial charge in [0.05, 0.1) is 30.3 Å². The Labute approximate surface area is 237 Å². The van der Waals surface area contributed by atoms with E-state index in [9.17, 15) is 19.1 Å². The number of nitrogens with zero attached hydrogens (tertiary/aromatic N) is 5. The summed E-state index contributed by atoms with van der Waals surface area (Å²) in [4.78, 5) is 36.4. The zero-order valence-corrected chi connectivity index (χ0v) is 23.5. The van der Waals surface area contributed by atoms with Crippen LogP contribution in [0.25, 0.3) is 28.0 Å². The van der Waals surface area contributed by atoms with E-state index >= 15 is 0 Å². The molecule has 10 nitrogen and oxygen atoms in total. The number of carbonyl (C=O) groups excluding carboxylic acids is 2. The molecule has 0 radical (unpaired) electrons. The summed E-state index contributed by atoms with van der Waals surface area (Å²) < 4.78 is 20.7. The van der Waals surface area contributed by atoms with E-state index in [-0.39, 0.29) is 41.3 Å². The SMILES string of the molecule is COc1ccc(-c2ccc(-c3cnn4c(N)c(C(C)=O)c(C(C)CC5CCC(C)N5C(=O)CO)nc34)cn2)cc1F. The molecule has 0 spiro atoms. The molecule has 1 saturated heterocycles. The Bertz CT molecular complexity index is 1620. The summed E-state index contributed by atoms with van der Waals surface area (Å²) in [6.07, 6.45) is 5.50. The number of nitrogen functional groups attached to an aromatic ring is 1. The number of benzene rings is 1. The number of nitrogens with two attached hydrogens (primary N) is 1. The number of Topliss-reactive ketones (excluding diaryl/α,β-unsaturated/α-hetero) is 1. The van der Waals surface area contributed by atoms with Crippen molar-refractivity contribution < 1.29 is 23.8 Å². The van der Waals surface area contributed by atoms with Crippen molar-refractivity contribution >= 4 is 23.2 Å². The Morgan fingerprint density at radius 2 is 1.95 bits per heavy atom. The van der Waals surface area contributed by atoms with Crippen LogP contribution in [0, 0.1) is 5.82 Å². The van der Waals surface area contributed by atoms with E-state index in [4.69, 9.17) is 15.5 Å². The first-order valence-corrected chi connectivity index (χ1v) is 13.5. The third-order valence-corrected chi connectivity index (χ3v) is 7.89. The molecule has 1 fully saturated rings. The molecule has 0 aliphatic carbocycles. The number of ketones is 1. The predicted octanol–water partition coefficient (Wildman–Crippen LogP) is 4.26. The third-order valence-electron chi connectivity index (χ3n) is 7.89. The lowest BCUT2D eigenvalue weighted by Crippen LogP contribution is -2.42. The topological polar surface area (TPSA) is 136 Å². The van der Waals surface area contributed by atoms with E-state index in [0.29, 0.717) is 40.1 Å². The number of carbonyl (C=O) groups is 2. The van der Waals surface area contributed by atoms with Crippen molar-refractivity contribution in [3.63, 3.8) is 0 Å². The van der Waals surface area contributed by atoms with Crippen LogP contribution in [0.2, 0.25) is 0 Å². The van der Waals surface area contributed by atoms with Gasteiger partial charge >= 0.3 is 0 Å². The number of pyridine rings is 1. The summed E-state index contributed by atoms with van der Waals surface area (Å²) in [6, 6.07) is 8.24. The number of ether oxygens (including phenoxy) is 1. The summed E-state index contributed by atoms with van der Waals surface area (Å²) in [5.74, 6) is -0.858. The second-order valence-corrected chi connectivity index (χ2v) is 10.6. The highest BCUT2D eigenvalue weighted by Gasteiger charge is 2.36. The second-order valence-electron chi connectivity index (χ2n) is 10.6. The minimum atomic E-state index is -0.537. The van der Waals surface area contributed by atoms with Crippen LogP contribution >= 0.6 is 0 Å². The quantitative estimate of drug-likeness (QED) is 0.305. The maximum atomic E-state index is 14.2. The number of aliphatic hydroxyl groups excluding tert-OH is 1. The highest BCUT2D eigenvalue weighted by Crippen LogP contribution is 2.36. The van der Waals surface area contributed by atoms with E-state index in [1.54, 1.807) is 35.5 Å². The van der Waals surface area contributed by atoms with Gasteiger partial charge in [-0.05, 0) is 57.4 Å². The van der Waals surface area contributed by atoms with Crippen molar-refractivity contribution in [3.8, 4) is 28.1 Å². The number of rotatable bonds is 8. The zero-order valence-electron chi connectivity index (χ0n) is 23.5. The van der Waals surface area contributed by atoms with Crippen LogP contribution in [0.15, 0.2) is 42.7 Å². The first-order chi connectivity index (χ1) is 19.6. The van der Waals surface area contributed by atoms with Crippen LogP contribution in [0.4, 0.5) is 10.2 Å². The molecule has 1 amide bonds. The summed E-state index contributed by atoms with van der Waals surface area (Å²) >= 11 is 0. The van der Waals surface area contributed by atoms with E-state index in [2.05, 4.69) is 10.1 Å². The third kappa shape index (κ3) is 5.13. The predicted molar refractivity (Wildman–Crippen MR) is 152 cm³/mol. The number of hydrogen-bond acceptors (Lipinski definition) is 8. The Morgan fingerprint density at radius 3 is 2.59 bits per heavy atom. The fourth-order valence-electron chi connectivity index (χ4n) is 5.86. The van der Waals surface area contributed by atoms with Crippen molar-refractivity contribution in [3.05, 3.63) is 59.8 Å². The molecule has 1 aromatic carbocycles. The minimum Gasteiger partial charge on any atom is -0.494 e. The van der Waals surface area contributed by atoms with Gasteiger partial charge in [0.1, 0.15) is 12.4 Å². The van der Waals surface area contributed by atoms with Gasteiger partial charge in [-0.3, -0.25) is 14.6 Å². The molecule has 4 aromatic rings. The van der Waals surface area contributed by atoms with Crippen LogP contribution in [0.5, 0.6) is 5.75 Å². The number of amides is 1. The molecular weight excluding hydrogens is 527 g/mol. The molecule has 3 N–H and O–H groups in total. The maximum absolute atomic E-state index is 14.2. The highest BCUT2D eigenvalue weighted by molar-refractivity contribution is 6.00. The molecule has 1 aliphatic heterocycles. The summed E-state index contributed by atoms with van der Waals surface area (Å²) in [6.45, 7) is 4.86. The molecule has 3 atom stereocenters. The average molecular weight is 561 g/mol. The van der Waals surface area contributed by atoms with Crippen LogP contribution in [0.1, 0.15) is 62.0 Å². The summed E-state index contributed by atoms with van der Waals surface area (Å²) in [5, 5.41) is 13.9. The van der Waals surface area contributed by atoms with Gasteiger partial charge in [0.15, 0.2) is 23.0 Å². The Morgan fingerprint density at radius 1 is 1.20 bits per heavy atom. The Balaban J connectivity index is 1.51. The molecule has 3 aromatic heterocycles. The first kappa shape index (κ1) is 28.2. The van der Waals surface area contributed by atoms with E-state index in [1.807, 2.05) is 19.9 Å². The molecule has 1 aliphatic rings. The number of anilines is 1. The molecular formula is C30H33FN6O4. The maximum Gasteiger partial charge on any atom is 0.248 e. The Hall–Kier alpha value is -4.38. The first-order valence-electron chi connectivity index (χ1n) is 13.5. The van der Waals surface area contributed by atoms with Gasteiger partial charge in [-0.1, -0.05) is 13.0 Å². The number of methoxy groups -OCH3 is 1. The minimum absolute atomic E-state index is 0.0333. The number of aliphatic hydroxyl groups is 1. The standard InChI is InChI=1S/C30H33FN6O4/c1-16(11-21-8-5-17(2)36(21)26(40)15-38)28-27(18(3)39)29(32)37-30(35-28)22(14-34-37)20-6-9-24(33-13-20)19-7-10-25(41-4)23(31)12-19/h6-7,9-10,12-14,16-17,21,38H,5,8,11,15,32H2,1-4H3. The smallest absolute Gasteiger partial charge is 0.248 e. The molecule has 11 heteroatoms. The van der Waals surface area contributed by atoms with E-state index in [1.165, 1.54) is 24.6 Å². The Kier molecular flexibility index (Phi) is 7.72. The van der Waals surface area contributed by atoms with Crippen LogP contribution in [-0.4, -0.2) is 67.1 Å². The molecule has 214 valence electrons. The molecule has 5 rings (SSSR count). The molecule has 3 unspecified atom stereocenters. The van der Waals surface area contributed by atoms with Crippen LogP contribution in [0.3, 0.4) is 0 Å². The number of halogens is 1. The second kappa shape index (κ2) is 11.2. The van der Waals surface area contributed by atoms with Crippen molar-refractivity contribution in [2.75, 3.05) is 19.5 Å². The van der Waals surface area contributed by atoms with Gasteiger partial charge < -0.3 is 20.5 Å². The van der Waals surface area contributed by atoms with Gasteiger partial charge in [-0.25, -0.2) is 9.37 Å². The number of likely N-dealkylation sites (tertiary alicyclic amines) is 1. The van der Waals surface area contributed by atoms with Crippen molar-refractivity contribution in [2.45, 2.75) is 58.0 Å². The normalized spacial score (nSPS) is 17.7. The van der Waals surface area contributed by atoms with E-state index in [0.717, 1.165) is 18.4 Å². The van der Waals surface area contributed by atoms with Gasteiger partial charge in [-0.15, -0.1) is 0 Å². The zero-order chi connectivity index (χ0) is 29.4. The fourth-order valence-corrected chi connectivity index (χ4v) is 5.86. The van der Waals surface area contributed by atoms with Crippen molar-refractivity contribution in [1.29, 1.82) is 0 Å². The molecule has 41 heavy (non-hydrogen) atoms. The molecule has 4 heterocycles. The monoisotopic (exact) mass is 560 g/mol. The van der Waals surface area contributed by atoms with Crippen LogP contribution in [-0.2, 0) is 4.79 Å². The number of aromatic nitrogens is 4. The van der Waals surface area contributed by atoms with Gasteiger partial charge in [0.2, 0.25) is 5.91 Å².